The molecule has 1 N–H and O–H groups in total. The number of hydrogen-bond donors (Lipinski definition) is 1. The SMILES string of the molecule is CCc1ccc(NC(=O)C(C)OC(=O)c2sc3cc(OC)ccc3c2Cl)cc1. The highest BCUT2D eigenvalue weighted by Crippen LogP contribution is 2.37. The molecule has 1 atom stereocenters. The first kappa shape index (κ1) is 20.2. The van der Waals surface area contributed by atoms with Gasteiger partial charge in [-0.15, -0.1) is 11.3 Å². The van der Waals surface area contributed by atoms with Crippen LogP contribution in [0.3, 0.4) is 0 Å². The highest BCUT2D eigenvalue weighted by Gasteiger charge is 2.24. The minimum absolute atomic E-state index is 0.261. The molecule has 0 aliphatic carbocycles. The maximum Gasteiger partial charge on any atom is 0.350 e. The zero-order valence-corrected chi connectivity index (χ0v) is 17.3. The molecule has 0 saturated heterocycles. The summed E-state index contributed by atoms with van der Waals surface area (Å²) >= 11 is 7.54. The van der Waals surface area contributed by atoms with E-state index in [9.17, 15) is 9.59 Å². The topological polar surface area (TPSA) is 64.6 Å². The molecule has 0 bridgehead atoms. The Morgan fingerprint density at radius 2 is 1.89 bits per heavy atom. The molecule has 0 spiro atoms. The van der Waals surface area contributed by atoms with Crippen LogP contribution in [-0.2, 0) is 16.0 Å². The van der Waals surface area contributed by atoms with Crippen molar-refractivity contribution >= 4 is 50.6 Å². The Hall–Kier alpha value is -2.57. The molecule has 1 aromatic heterocycles. The first-order valence-electron chi connectivity index (χ1n) is 8.79. The number of thiophene rings is 1. The maximum absolute atomic E-state index is 12.5. The lowest BCUT2D eigenvalue weighted by Crippen LogP contribution is -2.29. The van der Waals surface area contributed by atoms with Crippen LogP contribution in [0, 0.1) is 0 Å². The van der Waals surface area contributed by atoms with Gasteiger partial charge in [-0.05, 0) is 49.2 Å². The first-order valence-corrected chi connectivity index (χ1v) is 9.99. The molecule has 0 saturated carbocycles. The largest absolute Gasteiger partial charge is 0.497 e. The van der Waals surface area contributed by atoms with E-state index >= 15 is 0 Å². The van der Waals surface area contributed by atoms with Gasteiger partial charge in [-0.2, -0.15) is 0 Å². The van der Waals surface area contributed by atoms with Crippen LogP contribution in [0.1, 0.15) is 29.1 Å². The fourth-order valence-corrected chi connectivity index (χ4v) is 4.06. The van der Waals surface area contributed by atoms with Gasteiger partial charge in [0.1, 0.15) is 10.6 Å². The van der Waals surface area contributed by atoms with Crippen LogP contribution in [0.25, 0.3) is 10.1 Å². The van der Waals surface area contributed by atoms with Crippen LogP contribution in [0.15, 0.2) is 42.5 Å². The summed E-state index contributed by atoms with van der Waals surface area (Å²) in [6.07, 6.45) is -0.0431. The second-order valence-corrected chi connectivity index (χ2v) is 7.62. The van der Waals surface area contributed by atoms with Gasteiger partial charge in [-0.25, -0.2) is 4.79 Å². The normalized spacial score (nSPS) is 11.9. The Morgan fingerprint density at radius 3 is 2.54 bits per heavy atom. The summed E-state index contributed by atoms with van der Waals surface area (Å²) < 4.78 is 11.3. The number of nitrogens with one attached hydrogen (secondary N) is 1. The van der Waals surface area contributed by atoms with Crippen molar-refractivity contribution < 1.29 is 19.1 Å². The monoisotopic (exact) mass is 417 g/mol. The van der Waals surface area contributed by atoms with Crippen LogP contribution in [-0.4, -0.2) is 25.1 Å². The second-order valence-electron chi connectivity index (χ2n) is 6.19. The number of methoxy groups -OCH3 is 1. The molecule has 3 aromatic rings. The summed E-state index contributed by atoms with van der Waals surface area (Å²) in [7, 11) is 1.57. The van der Waals surface area contributed by atoms with Gasteiger partial charge in [0.05, 0.1) is 12.1 Å². The Bertz CT molecular complexity index is 1010. The Labute approximate surface area is 172 Å². The van der Waals surface area contributed by atoms with E-state index in [0.29, 0.717) is 16.5 Å². The smallest absolute Gasteiger partial charge is 0.350 e. The standard InChI is InChI=1S/C21H20ClNO4S/c1-4-13-5-7-14(8-6-13)23-20(24)12(2)27-21(25)19-18(22)16-10-9-15(26-3)11-17(16)28-19/h5-12H,4H2,1-3H3,(H,23,24). The predicted octanol–water partition coefficient (Wildman–Crippen LogP) is 5.31. The number of carbonyl (C=O) groups is 2. The minimum Gasteiger partial charge on any atom is -0.497 e. The van der Waals surface area contributed by atoms with Crippen LogP contribution >= 0.6 is 22.9 Å². The van der Waals surface area contributed by atoms with Crippen molar-refractivity contribution in [3.8, 4) is 5.75 Å². The summed E-state index contributed by atoms with van der Waals surface area (Å²) in [6, 6.07) is 12.9. The molecule has 1 unspecified atom stereocenters. The van der Waals surface area contributed by atoms with E-state index in [1.807, 2.05) is 24.3 Å². The minimum atomic E-state index is -0.964. The number of amides is 1. The van der Waals surface area contributed by atoms with Crippen molar-refractivity contribution in [2.45, 2.75) is 26.4 Å². The highest BCUT2D eigenvalue weighted by atomic mass is 35.5. The summed E-state index contributed by atoms with van der Waals surface area (Å²) in [6.45, 7) is 3.59. The molecule has 0 fully saturated rings. The van der Waals surface area contributed by atoms with Crippen molar-refractivity contribution in [2.24, 2.45) is 0 Å². The van der Waals surface area contributed by atoms with Crippen molar-refractivity contribution in [3.05, 3.63) is 57.9 Å². The van der Waals surface area contributed by atoms with Crippen LogP contribution in [0.2, 0.25) is 5.02 Å². The average molecular weight is 418 g/mol. The van der Waals surface area contributed by atoms with Crippen molar-refractivity contribution in [2.75, 3.05) is 12.4 Å². The fraction of sp³-hybridized carbons (Fsp3) is 0.238. The molecule has 1 heterocycles. The van der Waals surface area contributed by atoms with E-state index in [2.05, 4.69) is 12.2 Å². The van der Waals surface area contributed by atoms with Crippen LogP contribution < -0.4 is 10.1 Å². The first-order chi connectivity index (χ1) is 13.4. The van der Waals surface area contributed by atoms with Crippen LogP contribution in [0.4, 0.5) is 5.69 Å². The van der Waals surface area contributed by atoms with Gasteiger partial charge in [0.2, 0.25) is 0 Å². The third-order valence-electron chi connectivity index (χ3n) is 4.30. The molecule has 0 aliphatic rings. The van der Waals surface area contributed by atoms with Crippen molar-refractivity contribution in [3.63, 3.8) is 0 Å². The molecule has 0 aliphatic heterocycles. The molecule has 28 heavy (non-hydrogen) atoms. The van der Waals surface area contributed by atoms with Gasteiger partial charge >= 0.3 is 5.97 Å². The van der Waals surface area contributed by atoms with E-state index < -0.39 is 18.0 Å². The molecule has 5 nitrogen and oxygen atoms in total. The summed E-state index contributed by atoms with van der Waals surface area (Å²) in [5.74, 6) is -0.363. The molecule has 146 valence electrons. The third kappa shape index (κ3) is 4.29. The number of esters is 1. The predicted molar refractivity (Wildman–Crippen MR) is 113 cm³/mol. The number of hydrogen-bond acceptors (Lipinski definition) is 5. The lowest BCUT2D eigenvalue weighted by Gasteiger charge is -2.13. The Balaban J connectivity index is 1.70. The number of ether oxygens (including phenoxy) is 2. The van der Waals surface area contributed by atoms with Gasteiger partial charge in [0, 0.05) is 15.8 Å². The second kappa shape index (κ2) is 8.63. The fourth-order valence-electron chi connectivity index (χ4n) is 2.64. The molecule has 3 rings (SSSR count). The lowest BCUT2D eigenvalue weighted by molar-refractivity contribution is -0.123. The molecule has 0 radical (unpaired) electrons. The number of halogens is 1. The number of rotatable bonds is 6. The number of anilines is 1. The quantitative estimate of drug-likeness (QED) is 0.552. The highest BCUT2D eigenvalue weighted by molar-refractivity contribution is 7.21. The van der Waals surface area contributed by atoms with E-state index in [1.165, 1.54) is 23.8 Å². The van der Waals surface area contributed by atoms with E-state index in [4.69, 9.17) is 21.1 Å². The number of aryl methyl sites for hydroxylation is 1. The molecule has 1 amide bonds. The third-order valence-corrected chi connectivity index (χ3v) is 5.94. The summed E-state index contributed by atoms with van der Waals surface area (Å²) in [5, 5.41) is 3.80. The Morgan fingerprint density at radius 1 is 1.18 bits per heavy atom. The van der Waals surface area contributed by atoms with Gasteiger partial charge in [0.25, 0.3) is 5.91 Å². The van der Waals surface area contributed by atoms with Crippen molar-refractivity contribution in [1.29, 1.82) is 0 Å². The van der Waals surface area contributed by atoms with E-state index in [1.54, 1.807) is 25.3 Å². The Kier molecular flexibility index (Phi) is 6.21. The molecular formula is C21H20ClNO4S. The average Bonchev–Trinajstić information content (AvgIpc) is 3.04. The van der Waals surface area contributed by atoms with E-state index in [0.717, 1.165) is 16.5 Å². The number of benzene rings is 2. The number of carbonyl (C=O) groups excluding carboxylic acids is 2. The molecular weight excluding hydrogens is 398 g/mol. The van der Waals surface area contributed by atoms with Gasteiger partial charge in [-0.3, -0.25) is 4.79 Å². The zero-order chi connectivity index (χ0) is 20.3. The van der Waals surface area contributed by atoms with Gasteiger partial charge < -0.3 is 14.8 Å². The molecule has 7 heteroatoms. The zero-order valence-electron chi connectivity index (χ0n) is 15.7. The van der Waals surface area contributed by atoms with Crippen molar-refractivity contribution in [1.82, 2.24) is 0 Å². The van der Waals surface area contributed by atoms with Crippen LogP contribution in [0.5, 0.6) is 5.75 Å². The summed E-state index contributed by atoms with van der Waals surface area (Å²) in [4.78, 5) is 25.1. The number of fused-ring (bicyclic) bond motifs is 1. The maximum atomic E-state index is 12.5. The summed E-state index contributed by atoms with van der Waals surface area (Å²) in [5.41, 5.74) is 1.82. The van der Waals surface area contributed by atoms with Gasteiger partial charge in [0.15, 0.2) is 6.10 Å². The molecule has 2 aromatic carbocycles. The lowest BCUT2D eigenvalue weighted by atomic mass is 10.1. The van der Waals surface area contributed by atoms with E-state index in [-0.39, 0.29) is 4.88 Å². The van der Waals surface area contributed by atoms with Gasteiger partial charge in [-0.1, -0.05) is 30.7 Å².